The van der Waals surface area contributed by atoms with Crippen LogP contribution in [0.3, 0.4) is 0 Å². The number of unbranched alkanes of at least 4 members (excludes halogenated alkanes) is 15. The number of likely N-dealkylation sites (tertiary alicyclic amines) is 1. The average Bonchev–Trinajstić information content (AvgIpc) is 3.33. The summed E-state index contributed by atoms with van der Waals surface area (Å²) in [6.07, 6.45) is 8.54. The van der Waals surface area contributed by atoms with Gasteiger partial charge in [-0.05, 0) is 109 Å². The number of esters is 2. The monoisotopic (exact) mass is 1070 g/mol. The molecule has 1 aliphatic rings. The highest BCUT2D eigenvalue weighted by Gasteiger charge is 2.57. The van der Waals surface area contributed by atoms with Gasteiger partial charge >= 0.3 is 42.3 Å². The zero-order chi connectivity index (χ0) is 54.3. The molecule has 1 heterocycles. The van der Waals surface area contributed by atoms with Crippen LogP contribution in [0.25, 0.3) is 0 Å². The molecule has 0 aliphatic carbocycles. The molecule has 73 heavy (non-hydrogen) atoms. The van der Waals surface area contributed by atoms with Gasteiger partial charge in [0.15, 0.2) is 6.29 Å². The van der Waals surface area contributed by atoms with Crippen LogP contribution in [0.2, 0.25) is 0 Å². The van der Waals surface area contributed by atoms with E-state index >= 15 is 0 Å². The van der Waals surface area contributed by atoms with Crippen molar-refractivity contribution in [3.8, 4) is 0 Å². The van der Waals surface area contributed by atoms with E-state index in [0.29, 0.717) is 44.9 Å². The Morgan fingerprint density at radius 3 is 1.58 bits per heavy atom. The lowest BCUT2D eigenvalue weighted by molar-refractivity contribution is -0.284. The van der Waals surface area contributed by atoms with Crippen LogP contribution in [-0.4, -0.2) is 113 Å². The second-order valence-corrected chi connectivity index (χ2v) is 19.1. The molecule has 0 radical (unpaired) electrons. The van der Waals surface area contributed by atoms with Crippen molar-refractivity contribution in [2.45, 2.75) is 224 Å². The molecule has 2 atom stereocenters. The van der Waals surface area contributed by atoms with Crippen molar-refractivity contribution in [2.75, 3.05) is 59.3 Å². The number of alkyl halides is 10. The molecule has 0 aromatic rings. The van der Waals surface area contributed by atoms with Gasteiger partial charge in [-0.25, -0.2) is 4.79 Å². The van der Waals surface area contributed by atoms with Crippen molar-refractivity contribution in [2.24, 2.45) is 11.8 Å². The lowest BCUT2D eigenvalue weighted by Gasteiger charge is -2.31. The molecule has 20 heteroatoms. The molecule has 1 fully saturated rings. The normalized spacial score (nSPS) is 15.7. The highest BCUT2D eigenvalue weighted by Crippen LogP contribution is 2.40. The maximum absolute atomic E-state index is 13.2. The zero-order valence-corrected chi connectivity index (χ0v) is 43.6. The van der Waals surface area contributed by atoms with Crippen LogP contribution in [0.4, 0.5) is 48.7 Å². The molecule has 0 bridgehead atoms. The van der Waals surface area contributed by atoms with Gasteiger partial charge in [-0.1, -0.05) is 95.9 Å². The van der Waals surface area contributed by atoms with E-state index in [1.54, 1.807) is 0 Å². The molecule has 1 saturated heterocycles. The fourth-order valence-corrected chi connectivity index (χ4v) is 7.89. The van der Waals surface area contributed by atoms with Crippen LogP contribution in [0.5, 0.6) is 0 Å². The minimum atomic E-state index is -5.62. The van der Waals surface area contributed by atoms with Gasteiger partial charge in [0.25, 0.3) is 0 Å². The molecule has 10 nitrogen and oxygen atoms in total. The van der Waals surface area contributed by atoms with E-state index in [-0.39, 0.29) is 90.5 Å². The number of rotatable bonds is 44. The Morgan fingerprint density at radius 2 is 1.04 bits per heavy atom. The summed E-state index contributed by atoms with van der Waals surface area (Å²) in [4.78, 5) is 40.4. The number of halogens is 10. The Kier molecular flexibility index (Phi) is 37.4. The summed E-state index contributed by atoms with van der Waals surface area (Å²) in [5.41, 5.74) is 0. The van der Waals surface area contributed by atoms with Gasteiger partial charge in [0, 0.05) is 51.4 Å². The first kappa shape index (κ1) is 67.9. The fourth-order valence-electron chi connectivity index (χ4n) is 7.89. The summed E-state index contributed by atoms with van der Waals surface area (Å²) < 4.78 is 161. The Labute approximate surface area is 428 Å². The summed E-state index contributed by atoms with van der Waals surface area (Å²) in [7, 11) is 0. The molecule has 1 rings (SSSR count). The number of hydrogen-bond acceptors (Lipinski definition) is 10. The second-order valence-electron chi connectivity index (χ2n) is 19.1. The molecule has 0 saturated carbocycles. The molecule has 0 aromatic heterocycles. The summed E-state index contributed by atoms with van der Waals surface area (Å²) in [6.45, 7) is 6.72. The number of hydrogen-bond donors (Lipinski definition) is 0. The van der Waals surface area contributed by atoms with Gasteiger partial charge in [-0.3, -0.25) is 9.59 Å². The molecule has 1 aliphatic heterocycles. The number of piperidine rings is 1. The molecule has 0 spiro atoms. The van der Waals surface area contributed by atoms with E-state index < -0.39 is 67.3 Å². The SMILES string of the molecule is CCCCC/C=C\C/C=C\CCCCCCCC(=O)OCC(COC(=O)CCCCC(OCCCCCCC(F)(F)C(F)(F)F)OCCCCCCC(F)(F)C(F)(F)F)COC(=O)OCC1CCCN(CC)C1. The third-order valence-electron chi connectivity index (χ3n) is 12.5. The minimum absolute atomic E-state index is 0.0315. The van der Waals surface area contributed by atoms with Crippen molar-refractivity contribution in [1.29, 1.82) is 0 Å². The van der Waals surface area contributed by atoms with Crippen LogP contribution in [0, 0.1) is 11.8 Å². The Balaban J connectivity index is 2.62. The summed E-state index contributed by atoms with van der Waals surface area (Å²) in [5, 5.41) is 0. The van der Waals surface area contributed by atoms with Crippen molar-refractivity contribution in [3.05, 3.63) is 24.3 Å². The predicted molar refractivity (Wildman–Crippen MR) is 259 cm³/mol. The molecular formula is C53H87F10NO9. The third kappa shape index (κ3) is 35.7. The van der Waals surface area contributed by atoms with E-state index in [0.717, 1.165) is 77.4 Å². The first-order chi connectivity index (χ1) is 34.7. The summed E-state index contributed by atoms with van der Waals surface area (Å²) in [5.74, 6) is -11.0. The fraction of sp³-hybridized carbons (Fsp3) is 0.868. The maximum atomic E-state index is 13.2. The Hall–Kier alpha value is -3.13. The Morgan fingerprint density at radius 1 is 0.562 bits per heavy atom. The molecular weight excluding hydrogens is 985 g/mol. The quantitative estimate of drug-likeness (QED) is 0.0146. The lowest BCUT2D eigenvalue weighted by atomic mass is 9.99. The van der Waals surface area contributed by atoms with Crippen LogP contribution in [-0.2, 0) is 38.0 Å². The van der Waals surface area contributed by atoms with Gasteiger partial charge in [0.2, 0.25) is 0 Å². The van der Waals surface area contributed by atoms with E-state index in [4.69, 9.17) is 28.4 Å². The lowest BCUT2D eigenvalue weighted by Crippen LogP contribution is -2.37. The van der Waals surface area contributed by atoms with Crippen LogP contribution in [0.15, 0.2) is 24.3 Å². The van der Waals surface area contributed by atoms with Gasteiger partial charge in [-0.15, -0.1) is 0 Å². The topological polar surface area (TPSA) is 110 Å². The van der Waals surface area contributed by atoms with Gasteiger partial charge in [-0.2, -0.15) is 43.9 Å². The van der Waals surface area contributed by atoms with Gasteiger partial charge in [0.1, 0.15) is 19.8 Å². The Bertz CT molecular complexity index is 1440. The number of carbonyl (C=O) groups is 3. The zero-order valence-electron chi connectivity index (χ0n) is 43.6. The first-order valence-corrected chi connectivity index (χ1v) is 27.0. The molecule has 0 amide bonds. The van der Waals surface area contributed by atoms with Gasteiger partial charge in [0.05, 0.1) is 12.5 Å². The standard InChI is InChI=1S/C53H87F10NO9/c1-3-5-6-7-8-9-10-11-12-13-14-15-16-17-22-31-46(65)70-41-45(43-73-49(67)72-40-44-30-29-36-64(4-2)39-44)42-71-47(66)32-23-24-33-48(68-37-27-20-18-25-34-50(54,55)52(58,59)60)69-38-28-21-19-26-35-51(56,57)53(61,62)63/h8-9,11-12,44-45,48H,3-7,10,13-43H2,1-2H3/b9-8-,12-11-. The van der Waals surface area contributed by atoms with Crippen molar-refractivity contribution in [3.63, 3.8) is 0 Å². The maximum Gasteiger partial charge on any atom is 0.508 e. The predicted octanol–water partition coefficient (Wildman–Crippen LogP) is 15.6. The van der Waals surface area contributed by atoms with Crippen LogP contribution < -0.4 is 0 Å². The largest absolute Gasteiger partial charge is 0.508 e. The van der Waals surface area contributed by atoms with Gasteiger partial charge < -0.3 is 33.3 Å². The molecule has 0 N–H and O–H groups in total. The first-order valence-electron chi connectivity index (χ1n) is 27.0. The second kappa shape index (κ2) is 40.2. The minimum Gasteiger partial charge on any atom is -0.465 e. The number of carbonyl (C=O) groups excluding carboxylic acids is 3. The van der Waals surface area contributed by atoms with E-state index in [1.165, 1.54) is 19.3 Å². The highest BCUT2D eigenvalue weighted by atomic mass is 19.4. The molecule has 0 aromatic carbocycles. The van der Waals surface area contributed by atoms with Crippen LogP contribution in [0.1, 0.15) is 194 Å². The average molecular weight is 1070 g/mol. The summed E-state index contributed by atoms with van der Waals surface area (Å²) in [6, 6.07) is 0. The van der Waals surface area contributed by atoms with Crippen molar-refractivity contribution in [1.82, 2.24) is 4.90 Å². The smallest absolute Gasteiger partial charge is 0.465 e. The number of ether oxygens (including phenoxy) is 6. The van der Waals surface area contributed by atoms with Crippen molar-refractivity contribution < 1.29 is 86.7 Å². The van der Waals surface area contributed by atoms with E-state index in [9.17, 15) is 58.3 Å². The van der Waals surface area contributed by atoms with E-state index in [2.05, 4.69) is 43.1 Å². The van der Waals surface area contributed by atoms with Crippen LogP contribution >= 0.6 is 0 Å². The number of nitrogens with zero attached hydrogens (tertiary/aromatic N) is 1. The highest BCUT2D eigenvalue weighted by molar-refractivity contribution is 5.69. The molecule has 428 valence electrons. The van der Waals surface area contributed by atoms with Crippen molar-refractivity contribution >= 4 is 18.1 Å². The summed E-state index contributed by atoms with van der Waals surface area (Å²) >= 11 is 0. The molecule has 2 unspecified atom stereocenters. The number of allylic oxidation sites excluding steroid dienone is 4. The third-order valence-corrected chi connectivity index (χ3v) is 12.5. The van der Waals surface area contributed by atoms with E-state index in [1.807, 2.05) is 0 Å².